The number of carbonyl (C=O) groups excluding carboxylic acids is 1. The number of benzene rings is 1. The second kappa shape index (κ2) is 8.72. The molecule has 32 heavy (non-hydrogen) atoms. The lowest BCUT2D eigenvalue weighted by Gasteiger charge is -2.40. The van der Waals surface area contributed by atoms with E-state index in [2.05, 4.69) is 15.0 Å². The van der Waals surface area contributed by atoms with Crippen molar-refractivity contribution in [1.82, 2.24) is 9.88 Å². The zero-order valence-electron chi connectivity index (χ0n) is 18.8. The third kappa shape index (κ3) is 5.93. The smallest absolute Gasteiger partial charge is 0.410 e. The first kappa shape index (κ1) is 23.4. The third-order valence-corrected chi connectivity index (χ3v) is 4.78. The van der Waals surface area contributed by atoms with Gasteiger partial charge in [-0.3, -0.25) is 0 Å². The molecule has 0 radical (unpaired) electrons. The Morgan fingerprint density at radius 3 is 2.34 bits per heavy atom. The lowest BCUT2D eigenvalue weighted by molar-refractivity contribution is -0.158. The van der Waals surface area contributed by atoms with Crippen molar-refractivity contribution >= 4 is 23.3 Å². The average molecular weight is 446 g/mol. The Morgan fingerprint density at radius 1 is 1.16 bits per heavy atom. The van der Waals surface area contributed by atoms with Crippen molar-refractivity contribution in [3.05, 3.63) is 47.7 Å². The summed E-state index contributed by atoms with van der Waals surface area (Å²) in [7, 11) is 0. The second-order valence-electron chi connectivity index (χ2n) is 8.91. The van der Waals surface area contributed by atoms with E-state index in [-0.39, 0.29) is 17.8 Å². The van der Waals surface area contributed by atoms with Gasteiger partial charge in [-0.15, -0.1) is 0 Å². The minimum Gasteiger partial charge on any atom is -0.444 e. The van der Waals surface area contributed by atoms with Crippen LogP contribution >= 0.6 is 0 Å². The van der Waals surface area contributed by atoms with E-state index < -0.39 is 11.7 Å². The number of likely N-dealkylation sites (tertiary alicyclic amines) is 1. The van der Waals surface area contributed by atoms with Crippen molar-refractivity contribution in [3.8, 4) is 5.75 Å². The quantitative estimate of drug-likeness (QED) is 0.584. The van der Waals surface area contributed by atoms with E-state index in [0.29, 0.717) is 42.8 Å². The normalized spacial score (nSPS) is 14.5. The van der Waals surface area contributed by atoms with Crippen molar-refractivity contribution in [3.63, 3.8) is 0 Å². The molecule has 0 aliphatic carbocycles. The van der Waals surface area contributed by atoms with Crippen LogP contribution in [-0.2, 0) is 4.74 Å². The summed E-state index contributed by atoms with van der Waals surface area (Å²) in [5, 5.41) is 11.9. The zero-order chi connectivity index (χ0) is 23.7. The lowest BCUT2D eigenvalue weighted by Crippen LogP contribution is -2.54. The maximum atomic E-state index is 13.0. The highest BCUT2D eigenvalue weighted by atomic mass is 19.3. The van der Waals surface area contributed by atoms with E-state index in [1.54, 1.807) is 23.2 Å². The molecule has 0 saturated carbocycles. The largest absolute Gasteiger partial charge is 0.444 e. The molecule has 2 aromatic rings. The summed E-state index contributed by atoms with van der Waals surface area (Å²) in [6.45, 7) is 8.81. The number of aryl methyl sites for hydroxylation is 1. The van der Waals surface area contributed by atoms with Crippen LogP contribution < -0.4 is 10.1 Å². The Hall–Kier alpha value is -3.23. The van der Waals surface area contributed by atoms with Crippen LogP contribution in [0.3, 0.4) is 0 Å². The van der Waals surface area contributed by atoms with Crippen molar-refractivity contribution < 1.29 is 23.0 Å². The molecule has 172 valence electrons. The summed E-state index contributed by atoms with van der Waals surface area (Å²) >= 11 is 0. The topological polar surface area (TPSA) is 87.5 Å². The number of carbonyl (C=O) groups is 1. The molecule has 1 aliphatic heterocycles. The van der Waals surface area contributed by atoms with E-state index in [9.17, 15) is 13.6 Å². The van der Waals surface area contributed by atoms with Gasteiger partial charge in [0.05, 0.1) is 0 Å². The number of amides is 1. The molecule has 0 unspecified atom stereocenters. The predicted molar refractivity (Wildman–Crippen MR) is 118 cm³/mol. The molecule has 1 saturated heterocycles. The van der Waals surface area contributed by atoms with Gasteiger partial charge in [0.15, 0.2) is 0 Å². The summed E-state index contributed by atoms with van der Waals surface area (Å²) in [4.78, 5) is 18.1. The zero-order valence-corrected chi connectivity index (χ0v) is 18.8. The number of anilines is 2. The van der Waals surface area contributed by atoms with Crippen molar-refractivity contribution in [2.24, 2.45) is 5.92 Å². The summed E-state index contributed by atoms with van der Waals surface area (Å²) in [6.07, 6.45) is -2.01. The summed E-state index contributed by atoms with van der Waals surface area (Å²) < 4.78 is 35.9. The van der Waals surface area contributed by atoms with E-state index in [1.807, 2.05) is 33.8 Å². The van der Waals surface area contributed by atoms with Crippen molar-refractivity contribution in [1.29, 1.82) is 5.41 Å². The van der Waals surface area contributed by atoms with Crippen LogP contribution in [0.1, 0.15) is 38.8 Å². The first-order valence-electron chi connectivity index (χ1n) is 10.3. The lowest BCUT2D eigenvalue weighted by atomic mass is 9.88. The maximum Gasteiger partial charge on any atom is 0.410 e. The molecule has 1 aromatic carbocycles. The fraction of sp³-hybridized carbons (Fsp3) is 0.435. The standard InChI is InChI=1S/C23H28F2N4O3/c1-14-10-11-27-20(28-16-6-8-17(9-7-16)31-23(5,24)25)18(14)19(26)15-12-29(13-15)21(30)32-22(2,3)4/h6-11,15,26H,12-13H2,1-5H3,(H,27,28). The number of ether oxygens (including phenoxy) is 2. The number of pyridine rings is 1. The second-order valence-corrected chi connectivity index (χ2v) is 8.91. The van der Waals surface area contributed by atoms with Gasteiger partial charge in [-0.1, -0.05) is 0 Å². The molecule has 1 aliphatic rings. The van der Waals surface area contributed by atoms with Crippen LogP contribution in [-0.4, -0.2) is 46.5 Å². The number of halogens is 2. The molecule has 0 spiro atoms. The molecule has 2 N–H and O–H groups in total. The third-order valence-electron chi connectivity index (χ3n) is 4.78. The van der Waals surface area contributed by atoms with Crippen LogP contribution in [0.5, 0.6) is 5.75 Å². The van der Waals surface area contributed by atoms with E-state index in [1.165, 1.54) is 12.1 Å². The molecule has 2 heterocycles. The Balaban J connectivity index is 1.70. The number of rotatable bonds is 6. The molecule has 1 aromatic heterocycles. The number of nitrogens with zero attached hydrogens (tertiary/aromatic N) is 2. The molecule has 0 atom stereocenters. The molecule has 1 amide bonds. The number of alkyl halides is 2. The summed E-state index contributed by atoms with van der Waals surface area (Å²) in [5.74, 6) is 0.402. The fourth-order valence-electron chi connectivity index (χ4n) is 3.28. The number of aromatic nitrogens is 1. The minimum atomic E-state index is -3.26. The Bertz CT molecular complexity index is 992. The van der Waals surface area contributed by atoms with Crippen LogP contribution in [0.2, 0.25) is 0 Å². The van der Waals surface area contributed by atoms with Crippen LogP contribution in [0, 0.1) is 18.3 Å². The van der Waals surface area contributed by atoms with E-state index in [0.717, 1.165) is 5.56 Å². The Labute approximate surface area is 186 Å². The number of nitrogens with one attached hydrogen (secondary N) is 2. The van der Waals surface area contributed by atoms with E-state index in [4.69, 9.17) is 10.1 Å². The van der Waals surface area contributed by atoms with Gasteiger partial charge in [-0.25, -0.2) is 9.78 Å². The van der Waals surface area contributed by atoms with Crippen molar-refractivity contribution in [2.75, 3.05) is 18.4 Å². The van der Waals surface area contributed by atoms with Crippen LogP contribution in [0.25, 0.3) is 0 Å². The highest BCUT2D eigenvalue weighted by Gasteiger charge is 2.37. The van der Waals surface area contributed by atoms with Gasteiger partial charge < -0.3 is 25.1 Å². The first-order valence-corrected chi connectivity index (χ1v) is 10.3. The highest BCUT2D eigenvalue weighted by molar-refractivity contribution is 6.06. The predicted octanol–water partition coefficient (Wildman–Crippen LogP) is 5.36. The first-order chi connectivity index (χ1) is 14.8. The molecular weight excluding hydrogens is 418 g/mol. The average Bonchev–Trinajstić information content (AvgIpc) is 2.59. The van der Waals surface area contributed by atoms with Gasteiger partial charge >= 0.3 is 12.2 Å². The Kier molecular flexibility index (Phi) is 6.39. The molecular formula is C23H28F2N4O3. The SMILES string of the molecule is Cc1ccnc(Nc2ccc(OC(C)(F)F)cc2)c1C(=N)C1CN(C(=O)OC(C)(C)C)C1. The summed E-state index contributed by atoms with van der Waals surface area (Å²) in [5.41, 5.74) is 1.95. The summed E-state index contributed by atoms with van der Waals surface area (Å²) in [6, 6.07) is 7.90. The van der Waals surface area contributed by atoms with Crippen LogP contribution in [0.15, 0.2) is 36.5 Å². The monoisotopic (exact) mass is 446 g/mol. The highest BCUT2D eigenvalue weighted by Crippen LogP contribution is 2.30. The number of hydrogen-bond donors (Lipinski definition) is 2. The molecule has 1 fully saturated rings. The van der Waals surface area contributed by atoms with Gasteiger partial charge in [0.1, 0.15) is 17.2 Å². The molecule has 7 nitrogen and oxygen atoms in total. The molecule has 9 heteroatoms. The Morgan fingerprint density at radius 2 is 1.78 bits per heavy atom. The van der Waals surface area contributed by atoms with Crippen LogP contribution in [0.4, 0.5) is 25.1 Å². The van der Waals surface area contributed by atoms with Gasteiger partial charge in [-0.05, 0) is 63.6 Å². The number of hydrogen-bond acceptors (Lipinski definition) is 6. The van der Waals surface area contributed by atoms with Gasteiger partial charge in [0.2, 0.25) is 0 Å². The maximum absolute atomic E-state index is 13.0. The van der Waals surface area contributed by atoms with Gasteiger partial charge in [-0.2, -0.15) is 8.78 Å². The van der Waals surface area contributed by atoms with E-state index >= 15 is 0 Å². The fourth-order valence-corrected chi connectivity index (χ4v) is 3.28. The van der Waals surface area contributed by atoms with Gasteiger partial charge in [0, 0.05) is 49.1 Å². The molecule has 0 bridgehead atoms. The molecule has 3 rings (SSSR count). The minimum absolute atomic E-state index is 0.0462. The van der Waals surface area contributed by atoms with Gasteiger partial charge in [0.25, 0.3) is 0 Å². The van der Waals surface area contributed by atoms with Crippen molar-refractivity contribution in [2.45, 2.75) is 46.3 Å².